The highest BCUT2D eigenvalue weighted by Gasteiger charge is 2.10. The van der Waals surface area contributed by atoms with E-state index >= 15 is 0 Å². The molecule has 2 rings (SSSR count). The van der Waals surface area contributed by atoms with Gasteiger partial charge in [-0.05, 0) is 18.6 Å². The van der Waals surface area contributed by atoms with Crippen molar-refractivity contribution in [3.8, 4) is 0 Å². The van der Waals surface area contributed by atoms with Crippen molar-refractivity contribution in [2.75, 3.05) is 6.54 Å². The zero-order valence-electron chi connectivity index (χ0n) is 10.2. The Morgan fingerprint density at radius 1 is 1.56 bits per heavy atom. The third-order valence-corrected chi connectivity index (χ3v) is 2.68. The zero-order chi connectivity index (χ0) is 13.0. The maximum Gasteiger partial charge on any atom is 0.239 e. The number of carbonyl (C=O) groups excluding carboxylic acids is 2. The van der Waals surface area contributed by atoms with Gasteiger partial charge in [-0.15, -0.1) is 0 Å². The fourth-order valence-corrected chi connectivity index (χ4v) is 1.84. The van der Waals surface area contributed by atoms with Gasteiger partial charge >= 0.3 is 0 Å². The number of hydrogen-bond donors (Lipinski definition) is 1. The molecule has 94 valence electrons. The van der Waals surface area contributed by atoms with Crippen LogP contribution in [-0.4, -0.2) is 28.3 Å². The molecule has 0 aromatic carbocycles. The number of nitrogens with zero attached hydrogens (tertiary/aromatic N) is 2. The van der Waals surface area contributed by atoms with Gasteiger partial charge < -0.3 is 9.88 Å². The van der Waals surface area contributed by atoms with Gasteiger partial charge in [-0.25, -0.2) is 4.98 Å². The molecule has 1 N–H and O–H groups in total. The van der Waals surface area contributed by atoms with Gasteiger partial charge in [0.25, 0.3) is 0 Å². The molecule has 0 aliphatic carbocycles. The molecule has 2 aromatic heterocycles. The minimum atomic E-state index is -0.0724. The lowest BCUT2D eigenvalue weighted by Crippen LogP contribution is -2.27. The van der Waals surface area contributed by atoms with Crippen molar-refractivity contribution in [3.63, 3.8) is 0 Å². The van der Waals surface area contributed by atoms with E-state index in [2.05, 4.69) is 10.3 Å². The summed E-state index contributed by atoms with van der Waals surface area (Å²) in [5, 5.41) is 3.57. The smallest absolute Gasteiger partial charge is 0.239 e. The summed E-state index contributed by atoms with van der Waals surface area (Å²) in [6.45, 7) is 2.84. The molecule has 0 fully saturated rings. The van der Waals surface area contributed by atoms with Crippen LogP contribution in [0.4, 0.5) is 0 Å². The highest BCUT2D eigenvalue weighted by molar-refractivity contribution is 5.96. The van der Waals surface area contributed by atoms with Gasteiger partial charge in [-0.2, -0.15) is 0 Å². The molecular formula is C13H15N3O2. The average molecular weight is 245 g/mol. The lowest BCUT2D eigenvalue weighted by Gasteiger charge is -2.05. The van der Waals surface area contributed by atoms with Gasteiger partial charge in [0.2, 0.25) is 5.91 Å². The van der Waals surface area contributed by atoms with Crippen LogP contribution in [0.1, 0.15) is 23.7 Å². The highest BCUT2D eigenvalue weighted by atomic mass is 16.2. The minimum absolute atomic E-state index is 0.0724. The number of fused-ring (bicyclic) bond motifs is 1. The van der Waals surface area contributed by atoms with Gasteiger partial charge in [0.1, 0.15) is 12.2 Å². The van der Waals surface area contributed by atoms with Crippen LogP contribution in [0, 0.1) is 0 Å². The number of hydrogen-bond acceptors (Lipinski definition) is 3. The Morgan fingerprint density at radius 2 is 2.39 bits per heavy atom. The molecule has 0 aliphatic rings. The average Bonchev–Trinajstić information content (AvgIpc) is 2.75. The first-order valence-corrected chi connectivity index (χ1v) is 5.92. The summed E-state index contributed by atoms with van der Waals surface area (Å²) in [7, 11) is 0. The molecule has 5 heteroatoms. The molecule has 1 amide bonds. The van der Waals surface area contributed by atoms with Crippen LogP contribution in [0.25, 0.3) is 11.0 Å². The van der Waals surface area contributed by atoms with E-state index < -0.39 is 0 Å². The van der Waals surface area contributed by atoms with Crippen molar-refractivity contribution in [1.29, 1.82) is 0 Å². The van der Waals surface area contributed by atoms with Crippen LogP contribution in [0.5, 0.6) is 0 Å². The maximum absolute atomic E-state index is 11.7. The van der Waals surface area contributed by atoms with E-state index in [9.17, 15) is 9.59 Å². The first-order chi connectivity index (χ1) is 8.76. The second kappa shape index (κ2) is 5.44. The Labute approximate surface area is 105 Å². The molecule has 0 spiro atoms. The minimum Gasteiger partial charge on any atom is -0.355 e. The standard InChI is InChI=1S/C13H15N3O2/c1-2-5-14-12(18)8-16-7-10(9-17)11-4-3-6-15-13(11)16/h3-4,6-7,9H,2,5,8H2,1H3,(H,14,18). The van der Waals surface area contributed by atoms with Crippen molar-refractivity contribution >= 4 is 23.2 Å². The molecule has 0 saturated carbocycles. The van der Waals surface area contributed by atoms with Crippen LogP contribution < -0.4 is 5.32 Å². The van der Waals surface area contributed by atoms with Gasteiger partial charge in [-0.1, -0.05) is 6.92 Å². The summed E-state index contributed by atoms with van der Waals surface area (Å²) in [6.07, 6.45) is 4.99. The molecule has 0 aliphatic heterocycles. The molecule has 2 heterocycles. The Kier molecular flexibility index (Phi) is 3.72. The number of carbonyl (C=O) groups is 2. The predicted molar refractivity (Wildman–Crippen MR) is 68.4 cm³/mol. The van der Waals surface area contributed by atoms with Crippen LogP contribution in [0.15, 0.2) is 24.5 Å². The van der Waals surface area contributed by atoms with Crippen LogP contribution in [0.2, 0.25) is 0 Å². The fraction of sp³-hybridized carbons (Fsp3) is 0.308. The predicted octanol–water partition coefficient (Wildman–Crippen LogP) is 1.37. The Morgan fingerprint density at radius 3 is 3.11 bits per heavy atom. The van der Waals surface area contributed by atoms with E-state index in [1.54, 1.807) is 23.0 Å². The Balaban J connectivity index is 2.28. The number of amides is 1. The summed E-state index contributed by atoms with van der Waals surface area (Å²) >= 11 is 0. The molecule has 5 nitrogen and oxygen atoms in total. The summed E-state index contributed by atoms with van der Waals surface area (Å²) in [6, 6.07) is 3.60. The topological polar surface area (TPSA) is 64.0 Å². The Hall–Kier alpha value is -2.17. The first-order valence-electron chi connectivity index (χ1n) is 5.92. The molecule has 0 bridgehead atoms. The van der Waals surface area contributed by atoms with Crippen LogP contribution in [0.3, 0.4) is 0 Å². The number of nitrogens with one attached hydrogen (secondary N) is 1. The maximum atomic E-state index is 11.7. The number of pyridine rings is 1. The largest absolute Gasteiger partial charge is 0.355 e. The SMILES string of the molecule is CCCNC(=O)Cn1cc(C=O)c2cccnc21. The summed E-state index contributed by atoms with van der Waals surface area (Å²) in [4.78, 5) is 26.8. The van der Waals surface area contributed by atoms with E-state index in [0.717, 1.165) is 18.1 Å². The second-order valence-electron chi connectivity index (χ2n) is 4.05. The van der Waals surface area contributed by atoms with Crippen LogP contribution >= 0.6 is 0 Å². The number of aldehydes is 1. The third-order valence-electron chi connectivity index (χ3n) is 2.68. The quantitative estimate of drug-likeness (QED) is 0.809. The third kappa shape index (κ3) is 2.40. The van der Waals surface area contributed by atoms with Crippen molar-refractivity contribution in [3.05, 3.63) is 30.1 Å². The monoisotopic (exact) mass is 245 g/mol. The zero-order valence-corrected chi connectivity index (χ0v) is 10.2. The van der Waals surface area contributed by atoms with E-state index in [-0.39, 0.29) is 12.5 Å². The summed E-state index contributed by atoms with van der Waals surface area (Å²) in [5.74, 6) is -0.0724. The van der Waals surface area contributed by atoms with Crippen molar-refractivity contribution in [2.45, 2.75) is 19.9 Å². The van der Waals surface area contributed by atoms with E-state index in [4.69, 9.17) is 0 Å². The lowest BCUT2D eigenvalue weighted by atomic mass is 10.2. The van der Waals surface area contributed by atoms with Gasteiger partial charge in [0.05, 0.1) is 0 Å². The molecule has 0 unspecified atom stereocenters. The summed E-state index contributed by atoms with van der Waals surface area (Å²) in [5.41, 5.74) is 1.22. The van der Waals surface area contributed by atoms with Crippen molar-refractivity contribution in [1.82, 2.24) is 14.9 Å². The van der Waals surface area contributed by atoms with E-state index in [1.165, 1.54) is 0 Å². The van der Waals surface area contributed by atoms with Crippen molar-refractivity contribution in [2.24, 2.45) is 0 Å². The number of aromatic nitrogens is 2. The van der Waals surface area contributed by atoms with Gasteiger partial charge in [-0.3, -0.25) is 9.59 Å². The fourth-order valence-electron chi connectivity index (χ4n) is 1.84. The number of rotatable bonds is 5. The van der Waals surface area contributed by atoms with E-state index in [0.29, 0.717) is 17.8 Å². The van der Waals surface area contributed by atoms with E-state index in [1.807, 2.05) is 13.0 Å². The molecule has 2 aromatic rings. The molecule has 0 saturated heterocycles. The molecule has 0 radical (unpaired) electrons. The highest BCUT2D eigenvalue weighted by Crippen LogP contribution is 2.17. The van der Waals surface area contributed by atoms with Gasteiger partial charge in [0, 0.05) is 29.9 Å². The molecule has 0 atom stereocenters. The second-order valence-corrected chi connectivity index (χ2v) is 4.05. The van der Waals surface area contributed by atoms with Crippen molar-refractivity contribution < 1.29 is 9.59 Å². The summed E-state index contributed by atoms with van der Waals surface area (Å²) < 4.78 is 1.70. The van der Waals surface area contributed by atoms with Gasteiger partial charge in [0.15, 0.2) is 6.29 Å². The molecule has 18 heavy (non-hydrogen) atoms. The normalized spacial score (nSPS) is 10.5. The first kappa shape index (κ1) is 12.3. The molecular weight excluding hydrogens is 230 g/mol. The Bertz CT molecular complexity index is 575. The lowest BCUT2D eigenvalue weighted by molar-refractivity contribution is -0.121. The van der Waals surface area contributed by atoms with Crippen LogP contribution in [-0.2, 0) is 11.3 Å².